The highest BCUT2D eigenvalue weighted by atomic mass is 35.5. The van der Waals surface area contributed by atoms with Gasteiger partial charge in [0.2, 0.25) is 0 Å². The molecule has 1 atom stereocenters. The first-order valence-electron chi connectivity index (χ1n) is 12.0. The largest absolute Gasteiger partial charge is 0.494 e. The highest BCUT2D eigenvalue weighted by molar-refractivity contribution is 6.30. The van der Waals surface area contributed by atoms with Crippen molar-refractivity contribution in [3.63, 3.8) is 0 Å². The summed E-state index contributed by atoms with van der Waals surface area (Å²) >= 11 is 5.93. The van der Waals surface area contributed by atoms with Crippen LogP contribution in [0.1, 0.15) is 57.3 Å². The molecule has 3 aromatic rings. The normalized spacial score (nSPS) is 13.4. The van der Waals surface area contributed by atoms with Gasteiger partial charge in [0, 0.05) is 23.6 Å². The number of nitrogens with zero attached hydrogens (tertiary/aromatic N) is 1. The van der Waals surface area contributed by atoms with Crippen LogP contribution in [-0.4, -0.2) is 46.7 Å². The molecular weight excluding hydrogens is 494 g/mol. The van der Waals surface area contributed by atoms with Crippen LogP contribution in [0.5, 0.6) is 5.75 Å². The van der Waals surface area contributed by atoms with Gasteiger partial charge in [-0.15, -0.1) is 0 Å². The molecule has 0 spiro atoms. The Bertz CT molecular complexity index is 1330. The van der Waals surface area contributed by atoms with Gasteiger partial charge in [0.15, 0.2) is 5.78 Å². The number of carbonyl (C=O) groups is 4. The van der Waals surface area contributed by atoms with Gasteiger partial charge in [-0.05, 0) is 54.3 Å². The van der Waals surface area contributed by atoms with Crippen LogP contribution >= 0.6 is 11.6 Å². The molecule has 3 aromatic carbocycles. The van der Waals surface area contributed by atoms with Gasteiger partial charge in [-0.1, -0.05) is 54.9 Å². The van der Waals surface area contributed by atoms with Crippen LogP contribution in [0, 0.1) is 5.92 Å². The molecule has 190 valence electrons. The van der Waals surface area contributed by atoms with Crippen LogP contribution in [0.15, 0.2) is 66.7 Å². The van der Waals surface area contributed by atoms with E-state index in [0.29, 0.717) is 22.9 Å². The van der Waals surface area contributed by atoms with Gasteiger partial charge < -0.3 is 9.84 Å². The van der Waals surface area contributed by atoms with Crippen molar-refractivity contribution in [2.75, 3.05) is 13.2 Å². The van der Waals surface area contributed by atoms with Crippen LogP contribution in [0.25, 0.3) is 11.1 Å². The zero-order valence-electron chi connectivity index (χ0n) is 20.3. The van der Waals surface area contributed by atoms with E-state index in [-0.39, 0.29) is 36.3 Å². The molecule has 1 aliphatic heterocycles. The van der Waals surface area contributed by atoms with Crippen molar-refractivity contribution in [2.45, 2.75) is 26.2 Å². The summed E-state index contributed by atoms with van der Waals surface area (Å²) in [4.78, 5) is 51.4. The first-order chi connectivity index (χ1) is 17.8. The number of Topliss-reactive ketones (excluding diaryl/α,β-unsaturated/α-hetero) is 1. The molecular formula is C29H26ClNO6. The minimum atomic E-state index is -1.15. The molecule has 1 N–H and O–H groups in total. The van der Waals surface area contributed by atoms with E-state index in [1.54, 1.807) is 48.5 Å². The predicted octanol–water partition coefficient (Wildman–Crippen LogP) is 5.76. The SMILES string of the molecule is CCCOc1ccc2c(c1)C(=O)N(CCC(CC(=O)c1ccc(-c3ccc(Cl)cc3)cc1)C(=O)O)C2=O. The Morgan fingerprint density at radius 3 is 2.16 bits per heavy atom. The number of carboxylic acids is 1. The third kappa shape index (κ3) is 5.89. The molecule has 1 heterocycles. The summed E-state index contributed by atoms with van der Waals surface area (Å²) in [7, 11) is 0. The molecule has 7 nitrogen and oxygen atoms in total. The first kappa shape index (κ1) is 26.1. The number of carboxylic acid groups (broad SMARTS) is 1. The molecule has 0 bridgehead atoms. The Hall–Kier alpha value is -3.97. The number of fused-ring (bicyclic) bond motifs is 1. The van der Waals surface area contributed by atoms with E-state index in [0.717, 1.165) is 22.4 Å². The number of rotatable bonds is 11. The Balaban J connectivity index is 1.39. The number of amides is 2. The fourth-order valence-electron chi connectivity index (χ4n) is 4.21. The van der Waals surface area contributed by atoms with Crippen molar-refractivity contribution in [2.24, 2.45) is 5.92 Å². The maximum atomic E-state index is 12.9. The number of imide groups is 1. The molecule has 0 fully saturated rings. The number of ether oxygens (including phenoxy) is 1. The van der Waals surface area contributed by atoms with Crippen LogP contribution in [0.4, 0.5) is 0 Å². The van der Waals surface area contributed by atoms with Gasteiger partial charge in [-0.2, -0.15) is 0 Å². The van der Waals surface area contributed by atoms with Gasteiger partial charge in [0.05, 0.1) is 23.7 Å². The van der Waals surface area contributed by atoms with Crippen molar-refractivity contribution in [3.05, 3.63) is 88.4 Å². The van der Waals surface area contributed by atoms with E-state index in [4.69, 9.17) is 16.3 Å². The van der Waals surface area contributed by atoms with Gasteiger partial charge in [-0.3, -0.25) is 24.1 Å². The molecule has 0 radical (unpaired) electrons. The lowest BCUT2D eigenvalue weighted by Gasteiger charge is -2.17. The minimum Gasteiger partial charge on any atom is -0.494 e. The lowest BCUT2D eigenvalue weighted by Crippen LogP contribution is -2.33. The second-order valence-electron chi connectivity index (χ2n) is 8.85. The Labute approximate surface area is 219 Å². The molecule has 1 unspecified atom stereocenters. The highest BCUT2D eigenvalue weighted by Crippen LogP contribution is 2.28. The van der Waals surface area contributed by atoms with Gasteiger partial charge >= 0.3 is 5.97 Å². The number of carbonyl (C=O) groups excluding carboxylic acids is 3. The smallest absolute Gasteiger partial charge is 0.307 e. The lowest BCUT2D eigenvalue weighted by molar-refractivity contribution is -0.142. The standard InChI is InChI=1S/C29H26ClNO6/c1-2-15-37-23-11-12-24-25(17-23)28(34)31(27(24)33)14-13-21(29(35)36)16-26(32)20-5-3-18(4-6-20)19-7-9-22(30)10-8-19/h3-12,17,21H,2,13-16H2,1H3,(H,35,36). The predicted molar refractivity (Wildman–Crippen MR) is 139 cm³/mol. The zero-order chi connectivity index (χ0) is 26.5. The number of aliphatic carboxylic acids is 1. The zero-order valence-corrected chi connectivity index (χ0v) is 21.0. The topological polar surface area (TPSA) is 101 Å². The number of benzene rings is 3. The molecule has 2 amide bonds. The van der Waals surface area contributed by atoms with Crippen molar-refractivity contribution in [3.8, 4) is 16.9 Å². The number of hydrogen-bond acceptors (Lipinski definition) is 5. The van der Waals surface area contributed by atoms with Crippen molar-refractivity contribution in [1.29, 1.82) is 0 Å². The van der Waals surface area contributed by atoms with Crippen LogP contribution < -0.4 is 4.74 Å². The molecule has 0 aromatic heterocycles. The van der Waals surface area contributed by atoms with E-state index in [1.807, 2.05) is 19.1 Å². The fraction of sp³-hybridized carbons (Fsp3) is 0.241. The third-order valence-corrected chi connectivity index (χ3v) is 6.53. The van der Waals surface area contributed by atoms with Crippen LogP contribution in [0.2, 0.25) is 5.02 Å². The van der Waals surface area contributed by atoms with Crippen molar-refractivity contribution < 1.29 is 29.0 Å². The van der Waals surface area contributed by atoms with Crippen LogP contribution in [0.3, 0.4) is 0 Å². The molecule has 37 heavy (non-hydrogen) atoms. The van der Waals surface area contributed by atoms with E-state index in [1.165, 1.54) is 6.07 Å². The molecule has 8 heteroatoms. The average Bonchev–Trinajstić information content (AvgIpc) is 3.14. The van der Waals surface area contributed by atoms with Crippen molar-refractivity contribution >= 4 is 35.2 Å². The number of halogens is 1. The molecule has 4 rings (SSSR count). The second-order valence-corrected chi connectivity index (χ2v) is 9.29. The van der Waals surface area contributed by atoms with Crippen molar-refractivity contribution in [1.82, 2.24) is 4.90 Å². The quantitative estimate of drug-likeness (QED) is 0.255. The summed E-state index contributed by atoms with van der Waals surface area (Å²) < 4.78 is 5.55. The molecule has 0 aliphatic carbocycles. The second kappa shape index (κ2) is 11.4. The van der Waals surface area contributed by atoms with E-state index in [9.17, 15) is 24.3 Å². The summed E-state index contributed by atoms with van der Waals surface area (Å²) in [5.41, 5.74) is 2.73. The minimum absolute atomic E-state index is 0.0331. The summed E-state index contributed by atoms with van der Waals surface area (Å²) in [6, 6.07) is 18.9. The summed E-state index contributed by atoms with van der Waals surface area (Å²) in [6.07, 6.45) is 0.528. The maximum absolute atomic E-state index is 12.9. The Kier molecular flexibility index (Phi) is 8.04. The van der Waals surface area contributed by atoms with Gasteiger partial charge in [0.25, 0.3) is 11.8 Å². The summed E-state index contributed by atoms with van der Waals surface area (Å²) in [5.74, 6) is -2.99. The summed E-state index contributed by atoms with van der Waals surface area (Å²) in [5, 5.41) is 10.3. The van der Waals surface area contributed by atoms with E-state index in [2.05, 4.69) is 0 Å². The fourth-order valence-corrected chi connectivity index (χ4v) is 4.34. The third-order valence-electron chi connectivity index (χ3n) is 6.28. The van der Waals surface area contributed by atoms with Crippen LogP contribution in [-0.2, 0) is 4.79 Å². The molecule has 0 saturated heterocycles. The highest BCUT2D eigenvalue weighted by Gasteiger charge is 2.36. The number of ketones is 1. The molecule has 0 saturated carbocycles. The van der Waals surface area contributed by atoms with E-state index < -0.39 is 23.7 Å². The molecule has 1 aliphatic rings. The van der Waals surface area contributed by atoms with Gasteiger partial charge in [-0.25, -0.2) is 0 Å². The van der Waals surface area contributed by atoms with Gasteiger partial charge in [0.1, 0.15) is 5.75 Å². The summed E-state index contributed by atoms with van der Waals surface area (Å²) in [6.45, 7) is 2.35. The maximum Gasteiger partial charge on any atom is 0.307 e. The Morgan fingerprint density at radius 2 is 1.54 bits per heavy atom. The Morgan fingerprint density at radius 1 is 0.919 bits per heavy atom. The van der Waals surface area contributed by atoms with E-state index >= 15 is 0 Å². The average molecular weight is 520 g/mol. The first-order valence-corrected chi connectivity index (χ1v) is 12.4. The monoisotopic (exact) mass is 519 g/mol. The lowest BCUT2D eigenvalue weighted by atomic mass is 9.94. The number of hydrogen-bond donors (Lipinski definition) is 1.